The number of amides is 1. The van der Waals surface area contributed by atoms with E-state index in [-0.39, 0.29) is 0 Å². The van der Waals surface area contributed by atoms with Crippen LogP contribution < -0.4 is 10.2 Å². The number of carbonyl (C=O) groups excluding carboxylic acids is 2. The van der Waals surface area contributed by atoms with E-state index >= 15 is 0 Å². The summed E-state index contributed by atoms with van der Waals surface area (Å²) in [5, 5.41) is 12.0. The Kier molecular flexibility index (Phi) is 6.28. The first-order valence-corrected chi connectivity index (χ1v) is 9.72. The first-order chi connectivity index (χ1) is 13.1. The fraction of sp³-hybridized carbons (Fsp3) is 0.600. The standard InChI is InChI=1S/C20H26N4O3/c21-15-20(9-3-4-10-20)23-18(25)14-27-19(26)16-7-8-17(22-13-16)24-11-5-1-2-6-12-24/h7-8,13H,1-6,9-12,14H2,(H,23,25). The number of nitriles is 1. The lowest BCUT2D eigenvalue weighted by atomic mass is 10.00. The largest absolute Gasteiger partial charge is 0.452 e. The predicted octanol–water partition coefficient (Wildman–Crippen LogP) is 2.57. The summed E-state index contributed by atoms with van der Waals surface area (Å²) in [6.07, 6.45) is 9.43. The van der Waals surface area contributed by atoms with Gasteiger partial charge in [0.05, 0.1) is 11.6 Å². The highest BCUT2D eigenvalue weighted by molar-refractivity contribution is 5.91. The monoisotopic (exact) mass is 370 g/mol. The third-order valence-electron chi connectivity index (χ3n) is 5.30. The van der Waals surface area contributed by atoms with Crippen LogP contribution in [-0.2, 0) is 9.53 Å². The molecular weight excluding hydrogens is 344 g/mol. The van der Waals surface area contributed by atoms with Crippen molar-refractivity contribution in [2.24, 2.45) is 0 Å². The number of pyridine rings is 1. The van der Waals surface area contributed by atoms with Crippen LogP contribution in [0.5, 0.6) is 0 Å². The number of hydrogen-bond acceptors (Lipinski definition) is 6. The van der Waals surface area contributed by atoms with Crippen LogP contribution in [-0.4, -0.2) is 42.1 Å². The first kappa shape index (κ1) is 19.2. The van der Waals surface area contributed by atoms with E-state index in [0.717, 1.165) is 44.6 Å². The van der Waals surface area contributed by atoms with E-state index in [2.05, 4.69) is 21.3 Å². The number of rotatable bonds is 5. The van der Waals surface area contributed by atoms with Gasteiger partial charge in [-0.2, -0.15) is 5.26 Å². The van der Waals surface area contributed by atoms with E-state index in [1.807, 2.05) is 6.07 Å². The van der Waals surface area contributed by atoms with Crippen LogP contribution in [0.25, 0.3) is 0 Å². The lowest BCUT2D eigenvalue weighted by Crippen LogP contribution is -2.46. The molecule has 0 unspecified atom stereocenters. The minimum absolute atomic E-state index is 0.317. The van der Waals surface area contributed by atoms with Crippen LogP contribution >= 0.6 is 0 Å². The van der Waals surface area contributed by atoms with Gasteiger partial charge < -0.3 is 15.0 Å². The van der Waals surface area contributed by atoms with Crippen molar-refractivity contribution in [1.29, 1.82) is 5.26 Å². The van der Waals surface area contributed by atoms with Gasteiger partial charge in [-0.15, -0.1) is 0 Å². The molecule has 1 amide bonds. The van der Waals surface area contributed by atoms with E-state index in [9.17, 15) is 14.9 Å². The molecule has 2 fully saturated rings. The molecule has 2 aliphatic rings. The summed E-state index contributed by atoms with van der Waals surface area (Å²) >= 11 is 0. The molecule has 0 spiro atoms. The Balaban J connectivity index is 1.50. The maximum atomic E-state index is 12.2. The van der Waals surface area contributed by atoms with Crippen molar-refractivity contribution in [3.05, 3.63) is 23.9 Å². The van der Waals surface area contributed by atoms with Crippen LogP contribution in [0.15, 0.2) is 18.3 Å². The molecule has 3 rings (SSSR count). The van der Waals surface area contributed by atoms with Gasteiger partial charge in [-0.05, 0) is 50.7 Å². The fourth-order valence-corrected chi connectivity index (χ4v) is 3.75. The zero-order valence-corrected chi connectivity index (χ0v) is 15.6. The van der Waals surface area contributed by atoms with Crippen molar-refractivity contribution in [2.75, 3.05) is 24.6 Å². The Labute approximate surface area is 159 Å². The first-order valence-electron chi connectivity index (χ1n) is 9.72. The number of anilines is 1. The molecule has 1 saturated heterocycles. The predicted molar refractivity (Wildman–Crippen MR) is 100 cm³/mol. The Morgan fingerprint density at radius 1 is 1.15 bits per heavy atom. The fourth-order valence-electron chi connectivity index (χ4n) is 3.75. The van der Waals surface area contributed by atoms with E-state index in [4.69, 9.17) is 4.74 Å². The maximum absolute atomic E-state index is 12.2. The molecule has 1 aromatic rings. The van der Waals surface area contributed by atoms with E-state index in [0.29, 0.717) is 18.4 Å². The van der Waals surface area contributed by atoms with Gasteiger partial charge in [-0.3, -0.25) is 4.79 Å². The van der Waals surface area contributed by atoms with Crippen molar-refractivity contribution < 1.29 is 14.3 Å². The summed E-state index contributed by atoms with van der Waals surface area (Å²) in [7, 11) is 0. The van der Waals surface area contributed by atoms with Crippen molar-refractivity contribution in [2.45, 2.75) is 56.9 Å². The number of ether oxygens (including phenoxy) is 1. The second kappa shape index (κ2) is 8.85. The Morgan fingerprint density at radius 3 is 2.44 bits per heavy atom. The van der Waals surface area contributed by atoms with Crippen molar-refractivity contribution in [3.63, 3.8) is 0 Å². The van der Waals surface area contributed by atoms with Crippen LogP contribution in [0, 0.1) is 11.3 Å². The average Bonchev–Trinajstić information content (AvgIpc) is 2.99. The smallest absolute Gasteiger partial charge is 0.340 e. The number of hydrogen-bond donors (Lipinski definition) is 1. The normalized spacial score (nSPS) is 19.0. The maximum Gasteiger partial charge on any atom is 0.340 e. The quantitative estimate of drug-likeness (QED) is 0.801. The summed E-state index contributed by atoms with van der Waals surface area (Å²) in [5.74, 6) is -0.165. The Bertz CT molecular complexity index is 697. The third kappa shape index (κ3) is 4.97. The lowest BCUT2D eigenvalue weighted by Gasteiger charge is -2.22. The van der Waals surface area contributed by atoms with E-state index < -0.39 is 24.0 Å². The van der Waals surface area contributed by atoms with Crippen molar-refractivity contribution in [1.82, 2.24) is 10.3 Å². The van der Waals surface area contributed by atoms with Gasteiger partial charge in [0.1, 0.15) is 11.4 Å². The number of carbonyl (C=O) groups is 2. The molecule has 0 aromatic carbocycles. The molecule has 0 bridgehead atoms. The SMILES string of the molecule is N#CC1(NC(=O)COC(=O)c2ccc(N3CCCCCC3)nc2)CCCC1. The summed E-state index contributed by atoms with van der Waals surface area (Å²) in [4.78, 5) is 30.8. The molecule has 1 aliphatic carbocycles. The number of nitrogens with one attached hydrogen (secondary N) is 1. The molecule has 7 heteroatoms. The summed E-state index contributed by atoms with van der Waals surface area (Å²) in [6, 6.07) is 5.69. The molecule has 1 aliphatic heterocycles. The Hall–Kier alpha value is -2.62. The minimum Gasteiger partial charge on any atom is -0.452 e. The van der Waals surface area contributed by atoms with E-state index in [1.54, 1.807) is 6.07 Å². The molecule has 144 valence electrons. The van der Waals surface area contributed by atoms with Crippen molar-refractivity contribution in [3.8, 4) is 6.07 Å². The lowest BCUT2D eigenvalue weighted by molar-refractivity contribution is -0.125. The molecule has 1 saturated carbocycles. The minimum atomic E-state index is -0.806. The number of nitrogens with zero attached hydrogens (tertiary/aromatic N) is 3. The molecule has 2 heterocycles. The summed E-state index contributed by atoms with van der Waals surface area (Å²) < 4.78 is 5.08. The van der Waals surface area contributed by atoms with Crippen molar-refractivity contribution >= 4 is 17.7 Å². The summed E-state index contributed by atoms with van der Waals surface area (Å²) in [6.45, 7) is 1.57. The molecule has 1 aromatic heterocycles. The topological polar surface area (TPSA) is 95.3 Å². The molecule has 27 heavy (non-hydrogen) atoms. The van der Waals surface area contributed by atoms with Crippen LogP contribution in [0.1, 0.15) is 61.7 Å². The van der Waals surface area contributed by atoms with Gasteiger partial charge in [0.2, 0.25) is 0 Å². The van der Waals surface area contributed by atoms with E-state index in [1.165, 1.54) is 19.0 Å². The molecular formula is C20H26N4O3. The Morgan fingerprint density at radius 2 is 1.85 bits per heavy atom. The van der Waals surface area contributed by atoms with Gasteiger partial charge in [-0.25, -0.2) is 9.78 Å². The highest BCUT2D eigenvalue weighted by Gasteiger charge is 2.35. The van der Waals surface area contributed by atoms with Gasteiger partial charge >= 0.3 is 5.97 Å². The third-order valence-corrected chi connectivity index (χ3v) is 5.30. The highest BCUT2D eigenvalue weighted by Crippen LogP contribution is 2.28. The molecule has 0 radical (unpaired) electrons. The van der Waals surface area contributed by atoms with Crippen LogP contribution in [0.3, 0.4) is 0 Å². The number of esters is 1. The zero-order valence-electron chi connectivity index (χ0n) is 15.6. The second-order valence-electron chi connectivity index (χ2n) is 7.33. The second-order valence-corrected chi connectivity index (χ2v) is 7.33. The van der Waals surface area contributed by atoms with Gasteiger partial charge in [0.15, 0.2) is 6.61 Å². The van der Waals surface area contributed by atoms with Gasteiger partial charge in [0, 0.05) is 19.3 Å². The molecule has 7 nitrogen and oxygen atoms in total. The van der Waals surface area contributed by atoms with Gasteiger partial charge in [-0.1, -0.05) is 12.8 Å². The summed E-state index contributed by atoms with van der Waals surface area (Å²) in [5.41, 5.74) is -0.489. The average molecular weight is 370 g/mol. The zero-order chi connectivity index (χ0) is 19.1. The van der Waals surface area contributed by atoms with Crippen LogP contribution in [0.2, 0.25) is 0 Å². The molecule has 1 N–H and O–H groups in total. The highest BCUT2D eigenvalue weighted by atomic mass is 16.5. The van der Waals surface area contributed by atoms with Gasteiger partial charge in [0.25, 0.3) is 5.91 Å². The van der Waals surface area contributed by atoms with Crippen LogP contribution in [0.4, 0.5) is 5.82 Å². The molecule has 0 atom stereocenters. The number of aromatic nitrogens is 1.